The molecule has 0 radical (unpaired) electrons. The average molecular weight is 294 g/mol. The van der Waals surface area contributed by atoms with E-state index < -0.39 is 29.9 Å². The highest BCUT2D eigenvalue weighted by atomic mass is 32.1. The highest BCUT2D eigenvalue weighted by Gasteiger charge is 2.42. The van der Waals surface area contributed by atoms with Crippen molar-refractivity contribution < 1.29 is 24.8 Å². The molecule has 0 amide bonds. The first-order chi connectivity index (χ1) is 9.11. The maximum atomic E-state index is 9.89. The van der Waals surface area contributed by atoms with Crippen LogP contribution in [0.2, 0.25) is 0 Å². The van der Waals surface area contributed by atoms with Crippen LogP contribution in [0.1, 0.15) is 39.0 Å². The average Bonchev–Trinajstić information content (AvgIpc) is 2.42. The molecular formula is C13H26O5S. The van der Waals surface area contributed by atoms with E-state index in [4.69, 9.17) is 14.6 Å². The first-order valence-electron chi connectivity index (χ1n) is 7.04. The summed E-state index contributed by atoms with van der Waals surface area (Å²) in [5, 5.41) is 28.0. The summed E-state index contributed by atoms with van der Waals surface area (Å²) in [7, 11) is 0. The van der Waals surface area contributed by atoms with Gasteiger partial charge >= 0.3 is 0 Å². The zero-order valence-electron chi connectivity index (χ0n) is 11.4. The molecular weight excluding hydrogens is 268 g/mol. The minimum Gasteiger partial charge on any atom is -0.394 e. The molecule has 5 atom stereocenters. The molecule has 3 N–H and O–H groups in total. The minimum absolute atomic E-state index is 0.318. The van der Waals surface area contributed by atoms with E-state index in [1.54, 1.807) is 0 Å². The van der Waals surface area contributed by atoms with E-state index in [-0.39, 0.29) is 6.61 Å². The van der Waals surface area contributed by atoms with Crippen molar-refractivity contribution in [3.63, 3.8) is 0 Å². The van der Waals surface area contributed by atoms with E-state index in [0.29, 0.717) is 6.61 Å². The third-order valence-electron chi connectivity index (χ3n) is 3.38. The number of rotatable bonds is 8. The van der Waals surface area contributed by atoms with Crippen LogP contribution < -0.4 is 0 Å². The van der Waals surface area contributed by atoms with Crippen LogP contribution in [0.15, 0.2) is 0 Å². The zero-order chi connectivity index (χ0) is 14.3. The van der Waals surface area contributed by atoms with Crippen LogP contribution in [-0.4, -0.2) is 58.4 Å². The van der Waals surface area contributed by atoms with Gasteiger partial charge in [0, 0.05) is 6.61 Å². The summed E-state index contributed by atoms with van der Waals surface area (Å²) in [5.74, 6) is 0. The maximum absolute atomic E-state index is 9.89. The Labute approximate surface area is 120 Å². The molecule has 5 nitrogen and oxygen atoms in total. The van der Waals surface area contributed by atoms with Gasteiger partial charge in [-0.05, 0) is 6.42 Å². The van der Waals surface area contributed by atoms with Gasteiger partial charge in [0.25, 0.3) is 0 Å². The lowest BCUT2D eigenvalue weighted by atomic mass is 10.0. The smallest absolute Gasteiger partial charge is 0.185 e. The summed E-state index contributed by atoms with van der Waals surface area (Å²) >= 11 is 4.14. The van der Waals surface area contributed by atoms with Crippen LogP contribution in [0.4, 0.5) is 0 Å². The molecule has 0 aromatic heterocycles. The first-order valence-corrected chi connectivity index (χ1v) is 7.55. The van der Waals surface area contributed by atoms with Gasteiger partial charge in [-0.2, -0.15) is 12.6 Å². The molecule has 0 bridgehead atoms. The fraction of sp³-hybridized carbons (Fsp3) is 1.00. The van der Waals surface area contributed by atoms with Crippen LogP contribution in [0.5, 0.6) is 0 Å². The molecule has 0 aliphatic carbocycles. The number of hydrogen-bond acceptors (Lipinski definition) is 6. The Hall–Kier alpha value is 0.150. The van der Waals surface area contributed by atoms with E-state index in [0.717, 1.165) is 12.8 Å². The number of hydrogen-bond donors (Lipinski definition) is 4. The predicted octanol–water partition coefficient (Wildman–Crippen LogP) is 0.711. The number of aliphatic hydroxyl groups is 3. The highest BCUT2D eigenvalue weighted by molar-refractivity contribution is 7.81. The second-order valence-electron chi connectivity index (χ2n) is 4.98. The molecule has 114 valence electrons. The van der Waals surface area contributed by atoms with Gasteiger partial charge in [-0.25, -0.2) is 0 Å². The number of unbranched alkanes of at least 4 members (excludes halogenated alkanes) is 4. The fourth-order valence-corrected chi connectivity index (χ4v) is 2.44. The number of aliphatic hydroxyl groups excluding tert-OH is 3. The molecule has 19 heavy (non-hydrogen) atoms. The Morgan fingerprint density at radius 3 is 2.42 bits per heavy atom. The monoisotopic (exact) mass is 294 g/mol. The van der Waals surface area contributed by atoms with Crippen LogP contribution in [0.25, 0.3) is 0 Å². The molecule has 1 saturated heterocycles. The van der Waals surface area contributed by atoms with Gasteiger partial charge in [-0.3, -0.25) is 0 Å². The van der Waals surface area contributed by atoms with Crippen molar-refractivity contribution >= 4 is 12.6 Å². The zero-order valence-corrected chi connectivity index (χ0v) is 12.3. The van der Waals surface area contributed by atoms with Crippen molar-refractivity contribution in [1.29, 1.82) is 0 Å². The van der Waals surface area contributed by atoms with Gasteiger partial charge in [-0.15, -0.1) is 0 Å². The van der Waals surface area contributed by atoms with E-state index in [1.165, 1.54) is 19.3 Å². The minimum atomic E-state index is -0.993. The van der Waals surface area contributed by atoms with Crippen LogP contribution >= 0.6 is 12.6 Å². The summed E-state index contributed by atoms with van der Waals surface area (Å²) in [6, 6.07) is 0. The topological polar surface area (TPSA) is 79.2 Å². The molecule has 1 unspecified atom stereocenters. The molecule has 1 rings (SSSR count). The lowest BCUT2D eigenvalue weighted by molar-refractivity contribution is -0.267. The molecule has 0 aromatic carbocycles. The van der Waals surface area contributed by atoms with Crippen molar-refractivity contribution in [2.75, 3.05) is 13.2 Å². The largest absolute Gasteiger partial charge is 0.394 e. The second-order valence-corrected chi connectivity index (χ2v) is 5.58. The second kappa shape index (κ2) is 9.15. The van der Waals surface area contributed by atoms with Gasteiger partial charge in [0.1, 0.15) is 12.2 Å². The number of thiol groups is 1. The van der Waals surface area contributed by atoms with E-state index in [1.807, 2.05) is 0 Å². The van der Waals surface area contributed by atoms with Crippen molar-refractivity contribution in [2.24, 2.45) is 0 Å². The summed E-state index contributed by atoms with van der Waals surface area (Å²) in [4.78, 5) is 0. The van der Waals surface area contributed by atoms with Crippen molar-refractivity contribution in [3.05, 3.63) is 0 Å². The summed E-state index contributed by atoms with van der Waals surface area (Å²) in [6.45, 7) is 2.34. The third-order valence-corrected chi connectivity index (χ3v) is 3.99. The SMILES string of the molecule is CCCCCCCOC1O[C@H](CO)[C@@H](O)[C@H](S)[C@H]1O. The van der Waals surface area contributed by atoms with Crippen molar-refractivity contribution in [1.82, 2.24) is 0 Å². The standard InChI is InChI=1S/C13H26O5S/c1-2-3-4-5-6-7-17-13-11(16)12(19)10(15)9(8-14)18-13/h9-16,19H,2-8H2,1H3/t9-,10-,11-,12+,13?/m1/s1. The van der Waals surface area contributed by atoms with Crippen LogP contribution in [0, 0.1) is 0 Å². The fourth-order valence-electron chi connectivity index (χ4n) is 2.11. The Kier molecular flexibility index (Phi) is 8.29. The van der Waals surface area contributed by atoms with E-state index >= 15 is 0 Å². The summed E-state index contributed by atoms with van der Waals surface area (Å²) in [5.41, 5.74) is 0. The number of ether oxygens (including phenoxy) is 2. The van der Waals surface area contributed by atoms with Crippen LogP contribution in [0.3, 0.4) is 0 Å². The highest BCUT2D eigenvalue weighted by Crippen LogP contribution is 2.25. The van der Waals surface area contributed by atoms with Gasteiger partial charge in [0.15, 0.2) is 6.29 Å². The van der Waals surface area contributed by atoms with E-state index in [9.17, 15) is 10.2 Å². The molecule has 1 aliphatic heterocycles. The van der Waals surface area contributed by atoms with Crippen molar-refractivity contribution in [2.45, 2.75) is 68.9 Å². The van der Waals surface area contributed by atoms with Gasteiger partial charge in [0.2, 0.25) is 0 Å². The third kappa shape index (κ3) is 5.21. The first kappa shape index (κ1) is 17.2. The summed E-state index contributed by atoms with van der Waals surface area (Å²) < 4.78 is 10.8. The molecule has 1 fully saturated rings. The lowest BCUT2D eigenvalue weighted by Gasteiger charge is -2.40. The molecule has 0 spiro atoms. The Bertz CT molecular complexity index is 239. The van der Waals surface area contributed by atoms with Gasteiger partial charge < -0.3 is 24.8 Å². The summed E-state index contributed by atoms with van der Waals surface area (Å²) in [6.07, 6.45) is 2.04. The molecule has 0 aromatic rings. The van der Waals surface area contributed by atoms with Crippen molar-refractivity contribution in [3.8, 4) is 0 Å². The van der Waals surface area contributed by atoms with Crippen LogP contribution in [-0.2, 0) is 9.47 Å². The van der Waals surface area contributed by atoms with Gasteiger partial charge in [-0.1, -0.05) is 32.6 Å². The molecule has 6 heteroatoms. The molecule has 0 saturated carbocycles. The normalized spacial score (nSPS) is 35.5. The predicted molar refractivity (Wildman–Crippen MR) is 75.2 cm³/mol. The maximum Gasteiger partial charge on any atom is 0.185 e. The Balaban J connectivity index is 2.28. The molecule has 1 aliphatic rings. The Morgan fingerprint density at radius 2 is 1.79 bits per heavy atom. The van der Waals surface area contributed by atoms with E-state index in [2.05, 4.69) is 19.6 Å². The molecule has 1 heterocycles. The Morgan fingerprint density at radius 1 is 1.11 bits per heavy atom. The lowest BCUT2D eigenvalue weighted by Crippen LogP contribution is -2.57. The quantitative estimate of drug-likeness (QED) is 0.392. The van der Waals surface area contributed by atoms with Gasteiger partial charge in [0.05, 0.1) is 18.0 Å².